The molecule has 0 radical (unpaired) electrons. The number of hydrogen-bond acceptors (Lipinski definition) is 5. The SMILES string of the molecule is CC(C)NC(=O)C(=O)NCc1ccc(C(=O)c2cccs2)s1. The first-order valence-electron chi connectivity index (χ1n) is 6.73. The van der Waals surface area contributed by atoms with Gasteiger partial charge in [-0.1, -0.05) is 6.07 Å². The van der Waals surface area contributed by atoms with Gasteiger partial charge in [-0.2, -0.15) is 0 Å². The fraction of sp³-hybridized carbons (Fsp3) is 0.267. The standard InChI is InChI=1S/C15H16N2O3S2/c1-9(2)17-15(20)14(19)16-8-10-5-6-12(22-10)13(18)11-4-3-7-21-11/h3-7,9H,8H2,1-2H3,(H,16,19)(H,17,20). The van der Waals surface area contributed by atoms with Gasteiger partial charge in [-0.25, -0.2) is 0 Å². The molecule has 2 amide bonds. The van der Waals surface area contributed by atoms with E-state index >= 15 is 0 Å². The van der Waals surface area contributed by atoms with Crippen molar-refractivity contribution in [2.45, 2.75) is 26.4 Å². The fourth-order valence-electron chi connectivity index (χ4n) is 1.70. The third kappa shape index (κ3) is 4.25. The highest BCUT2D eigenvalue weighted by Gasteiger charge is 2.16. The molecule has 2 aromatic rings. The molecule has 116 valence electrons. The Morgan fingerprint density at radius 1 is 1.09 bits per heavy atom. The molecule has 0 aliphatic rings. The summed E-state index contributed by atoms with van der Waals surface area (Å²) in [5.74, 6) is -1.34. The molecule has 22 heavy (non-hydrogen) atoms. The Bertz CT molecular complexity index is 675. The Hall–Kier alpha value is -1.99. The molecule has 0 fully saturated rings. The second-order valence-corrected chi connectivity index (χ2v) is 7.00. The van der Waals surface area contributed by atoms with Crippen molar-refractivity contribution in [3.8, 4) is 0 Å². The second-order valence-electron chi connectivity index (χ2n) is 4.88. The number of hydrogen-bond donors (Lipinski definition) is 2. The molecule has 0 spiro atoms. The number of thiophene rings is 2. The first-order chi connectivity index (χ1) is 10.5. The Morgan fingerprint density at radius 3 is 2.50 bits per heavy atom. The second kappa shape index (κ2) is 7.33. The molecular weight excluding hydrogens is 320 g/mol. The van der Waals surface area contributed by atoms with Gasteiger partial charge in [0.15, 0.2) is 0 Å². The third-order valence-corrected chi connectivity index (χ3v) is 4.63. The molecule has 0 saturated heterocycles. The summed E-state index contributed by atoms with van der Waals surface area (Å²) in [5.41, 5.74) is 0. The summed E-state index contributed by atoms with van der Waals surface area (Å²) in [7, 11) is 0. The molecule has 2 aromatic heterocycles. The maximum absolute atomic E-state index is 12.2. The average molecular weight is 336 g/mol. The number of carbonyl (C=O) groups excluding carboxylic acids is 3. The number of rotatable bonds is 5. The zero-order chi connectivity index (χ0) is 16.1. The van der Waals surface area contributed by atoms with Crippen molar-refractivity contribution in [1.82, 2.24) is 10.6 Å². The molecule has 2 heterocycles. The molecule has 0 unspecified atom stereocenters. The lowest BCUT2D eigenvalue weighted by atomic mass is 10.3. The smallest absolute Gasteiger partial charge is 0.309 e. The Balaban J connectivity index is 1.91. The van der Waals surface area contributed by atoms with Crippen LogP contribution in [0.1, 0.15) is 33.3 Å². The summed E-state index contributed by atoms with van der Waals surface area (Å²) in [5, 5.41) is 6.92. The van der Waals surface area contributed by atoms with Crippen molar-refractivity contribution in [2.75, 3.05) is 0 Å². The van der Waals surface area contributed by atoms with Gasteiger partial charge in [-0.3, -0.25) is 14.4 Å². The van der Waals surface area contributed by atoms with Crippen LogP contribution in [0, 0.1) is 0 Å². The quantitative estimate of drug-likeness (QED) is 0.649. The molecule has 2 N–H and O–H groups in total. The predicted octanol–water partition coefficient (Wildman–Crippen LogP) is 2.18. The molecule has 0 aromatic carbocycles. The fourth-order valence-corrected chi connectivity index (χ4v) is 3.34. The van der Waals surface area contributed by atoms with Gasteiger partial charge < -0.3 is 10.6 Å². The molecule has 0 bridgehead atoms. The lowest BCUT2D eigenvalue weighted by molar-refractivity contribution is -0.139. The number of ketones is 1. The minimum absolute atomic E-state index is 0.0184. The number of nitrogens with one attached hydrogen (secondary N) is 2. The normalized spacial score (nSPS) is 10.5. The van der Waals surface area contributed by atoms with E-state index in [9.17, 15) is 14.4 Å². The van der Waals surface area contributed by atoms with Crippen LogP contribution in [0.2, 0.25) is 0 Å². The van der Waals surface area contributed by atoms with Crippen LogP contribution in [0.15, 0.2) is 29.6 Å². The number of amides is 2. The molecule has 7 heteroatoms. The molecule has 0 aliphatic carbocycles. The zero-order valence-corrected chi connectivity index (χ0v) is 13.8. The van der Waals surface area contributed by atoms with Crippen LogP contribution in [0.5, 0.6) is 0 Å². The van der Waals surface area contributed by atoms with Crippen LogP contribution in [-0.4, -0.2) is 23.6 Å². The minimum Gasteiger partial charge on any atom is -0.346 e. The van der Waals surface area contributed by atoms with Gasteiger partial charge in [0.05, 0.1) is 16.3 Å². The van der Waals surface area contributed by atoms with Gasteiger partial charge in [0.25, 0.3) is 0 Å². The van der Waals surface area contributed by atoms with Gasteiger partial charge >= 0.3 is 11.8 Å². The zero-order valence-electron chi connectivity index (χ0n) is 12.2. The van der Waals surface area contributed by atoms with Gasteiger partial charge in [-0.15, -0.1) is 22.7 Å². The van der Waals surface area contributed by atoms with Crippen LogP contribution in [0.3, 0.4) is 0 Å². The van der Waals surface area contributed by atoms with E-state index in [0.717, 1.165) is 4.88 Å². The largest absolute Gasteiger partial charge is 0.346 e. The molecule has 0 atom stereocenters. The van der Waals surface area contributed by atoms with Crippen LogP contribution < -0.4 is 10.6 Å². The summed E-state index contributed by atoms with van der Waals surface area (Å²) in [6.07, 6.45) is 0. The van der Waals surface area contributed by atoms with Crippen molar-refractivity contribution in [3.05, 3.63) is 44.3 Å². The first kappa shape index (κ1) is 16.4. The maximum Gasteiger partial charge on any atom is 0.309 e. The van der Waals surface area contributed by atoms with Crippen molar-refractivity contribution >= 4 is 40.3 Å². The van der Waals surface area contributed by atoms with Crippen LogP contribution in [0.25, 0.3) is 0 Å². The highest BCUT2D eigenvalue weighted by Crippen LogP contribution is 2.22. The van der Waals surface area contributed by atoms with E-state index < -0.39 is 11.8 Å². The van der Waals surface area contributed by atoms with Gasteiger partial charge in [-0.05, 0) is 37.4 Å². The highest BCUT2D eigenvalue weighted by molar-refractivity contribution is 7.16. The third-order valence-electron chi connectivity index (χ3n) is 2.68. The Kier molecular flexibility index (Phi) is 5.46. The van der Waals surface area contributed by atoms with Gasteiger partial charge in [0.2, 0.25) is 5.78 Å². The van der Waals surface area contributed by atoms with Gasteiger partial charge in [0, 0.05) is 10.9 Å². The summed E-state index contributed by atoms with van der Waals surface area (Å²) < 4.78 is 0. The van der Waals surface area contributed by atoms with Crippen molar-refractivity contribution in [2.24, 2.45) is 0 Å². The van der Waals surface area contributed by atoms with E-state index in [1.165, 1.54) is 22.7 Å². The Morgan fingerprint density at radius 2 is 1.86 bits per heavy atom. The number of carbonyl (C=O) groups is 3. The highest BCUT2D eigenvalue weighted by atomic mass is 32.1. The summed E-state index contributed by atoms with van der Waals surface area (Å²) in [6, 6.07) is 7.05. The monoisotopic (exact) mass is 336 g/mol. The molecule has 5 nitrogen and oxygen atoms in total. The molecule has 0 aliphatic heterocycles. The van der Waals surface area contributed by atoms with E-state index in [1.807, 2.05) is 11.4 Å². The van der Waals surface area contributed by atoms with Crippen LogP contribution in [-0.2, 0) is 16.1 Å². The summed E-state index contributed by atoms with van der Waals surface area (Å²) >= 11 is 2.71. The molecule has 2 rings (SSSR count). The van der Waals surface area contributed by atoms with Crippen molar-refractivity contribution in [3.63, 3.8) is 0 Å². The maximum atomic E-state index is 12.2. The van der Waals surface area contributed by atoms with E-state index in [-0.39, 0.29) is 18.4 Å². The summed E-state index contributed by atoms with van der Waals surface area (Å²) in [4.78, 5) is 37.4. The lowest BCUT2D eigenvalue weighted by Gasteiger charge is -2.07. The molecular formula is C15H16N2O3S2. The van der Waals surface area contributed by atoms with E-state index in [1.54, 1.807) is 32.0 Å². The lowest BCUT2D eigenvalue weighted by Crippen LogP contribution is -2.42. The van der Waals surface area contributed by atoms with E-state index in [2.05, 4.69) is 10.6 Å². The van der Waals surface area contributed by atoms with E-state index in [4.69, 9.17) is 0 Å². The summed E-state index contributed by atoms with van der Waals surface area (Å²) in [6.45, 7) is 3.80. The van der Waals surface area contributed by atoms with Crippen LogP contribution in [0.4, 0.5) is 0 Å². The van der Waals surface area contributed by atoms with Gasteiger partial charge in [0.1, 0.15) is 0 Å². The average Bonchev–Trinajstić information content (AvgIpc) is 3.14. The first-order valence-corrected chi connectivity index (χ1v) is 8.42. The van der Waals surface area contributed by atoms with Crippen molar-refractivity contribution in [1.29, 1.82) is 0 Å². The van der Waals surface area contributed by atoms with Crippen LogP contribution >= 0.6 is 22.7 Å². The molecule has 0 saturated carbocycles. The van der Waals surface area contributed by atoms with E-state index in [0.29, 0.717) is 9.75 Å². The Labute approximate surface area is 136 Å². The topological polar surface area (TPSA) is 75.3 Å². The predicted molar refractivity (Wildman–Crippen MR) is 87.2 cm³/mol. The minimum atomic E-state index is -0.673. The van der Waals surface area contributed by atoms with Crippen molar-refractivity contribution < 1.29 is 14.4 Å².